The first-order chi connectivity index (χ1) is 13.7. The molecule has 1 saturated heterocycles. The molecule has 4 rings (SSSR count). The Labute approximate surface area is 163 Å². The van der Waals surface area contributed by atoms with Gasteiger partial charge in [-0.3, -0.25) is 9.59 Å². The van der Waals surface area contributed by atoms with Crippen molar-refractivity contribution in [1.29, 1.82) is 0 Å². The summed E-state index contributed by atoms with van der Waals surface area (Å²) in [6.45, 7) is 3.61. The van der Waals surface area contributed by atoms with Gasteiger partial charge in [0, 0.05) is 43.0 Å². The van der Waals surface area contributed by atoms with Crippen LogP contribution in [-0.4, -0.2) is 43.8 Å². The third kappa shape index (κ3) is 3.64. The number of fused-ring (bicyclic) bond motifs is 1. The Kier molecular flexibility index (Phi) is 5.12. The van der Waals surface area contributed by atoms with E-state index in [2.05, 4.69) is 16.3 Å². The van der Waals surface area contributed by atoms with Crippen LogP contribution in [0, 0.1) is 0 Å². The molecule has 0 unspecified atom stereocenters. The highest BCUT2D eigenvalue weighted by Gasteiger charge is 2.13. The molecular formula is C22H23N3O3. The molecule has 1 aliphatic heterocycles. The molecule has 2 aromatic carbocycles. The van der Waals surface area contributed by atoms with Gasteiger partial charge in [-0.2, -0.15) is 0 Å². The molecule has 0 bridgehead atoms. The summed E-state index contributed by atoms with van der Waals surface area (Å²) in [5, 5.41) is 4.25. The van der Waals surface area contributed by atoms with Crippen molar-refractivity contribution in [2.24, 2.45) is 0 Å². The van der Waals surface area contributed by atoms with E-state index in [4.69, 9.17) is 4.74 Å². The normalized spacial score (nSPS) is 14.2. The van der Waals surface area contributed by atoms with Crippen LogP contribution in [0.1, 0.15) is 15.9 Å². The fourth-order valence-corrected chi connectivity index (χ4v) is 3.57. The summed E-state index contributed by atoms with van der Waals surface area (Å²) in [5.74, 6) is -0.136. The number of pyridine rings is 1. The van der Waals surface area contributed by atoms with Gasteiger partial charge in [-0.1, -0.05) is 12.1 Å². The number of rotatable bonds is 4. The number of hydrogen-bond acceptors (Lipinski definition) is 4. The second-order valence-corrected chi connectivity index (χ2v) is 6.90. The summed E-state index contributed by atoms with van der Waals surface area (Å²) < 4.78 is 7.09. The van der Waals surface area contributed by atoms with E-state index in [1.54, 1.807) is 17.7 Å². The van der Waals surface area contributed by atoms with Crippen molar-refractivity contribution < 1.29 is 9.53 Å². The molecule has 1 N–H and O–H groups in total. The van der Waals surface area contributed by atoms with E-state index in [0.29, 0.717) is 17.5 Å². The van der Waals surface area contributed by atoms with Gasteiger partial charge in [0.25, 0.3) is 11.5 Å². The lowest BCUT2D eigenvalue weighted by Gasteiger charge is -2.29. The minimum absolute atomic E-state index is 0.0311. The first kappa shape index (κ1) is 18.3. The molecular weight excluding hydrogens is 354 g/mol. The topological polar surface area (TPSA) is 63.6 Å². The maximum Gasteiger partial charge on any atom is 0.258 e. The average molecular weight is 377 g/mol. The number of nitrogens with zero attached hydrogens (tertiary/aromatic N) is 2. The van der Waals surface area contributed by atoms with Gasteiger partial charge in [0.15, 0.2) is 0 Å². The number of aromatic nitrogens is 1. The summed E-state index contributed by atoms with van der Waals surface area (Å²) in [4.78, 5) is 27.1. The molecule has 0 aliphatic carbocycles. The fraction of sp³-hybridized carbons (Fsp3) is 0.273. The zero-order valence-electron chi connectivity index (χ0n) is 15.9. The van der Waals surface area contributed by atoms with Crippen molar-refractivity contribution in [2.75, 3.05) is 38.3 Å². The molecule has 0 saturated carbocycles. The Bertz CT molecular complexity index is 1070. The second kappa shape index (κ2) is 7.86. The Balaban J connectivity index is 1.63. The van der Waals surface area contributed by atoms with Gasteiger partial charge in [-0.05, 0) is 47.3 Å². The number of nitrogens with one attached hydrogen (secondary N) is 1. The highest BCUT2D eigenvalue weighted by Crippen LogP contribution is 2.21. The van der Waals surface area contributed by atoms with Crippen molar-refractivity contribution in [2.45, 2.75) is 6.54 Å². The molecule has 6 heteroatoms. The summed E-state index contributed by atoms with van der Waals surface area (Å²) >= 11 is 0. The van der Waals surface area contributed by atoms with Crippen LogP contribution < -0.4 is 15.8 Å². The van der Waals surface area contributed by atoms with Crippen LogP contribution in [0.3, 0.4) is 0 Å². The number of ether oxygens (including phenoxy) is 1. The number of benzene rings is 2. The Morgan fingerprint density at radius 1 is 1.11 bits per heavy atom. The molecule has 3 aromatic rings. The summed E-state index contributed by atoms with van der Waals surface area (Å²) in [6.07, 6.45) is 1.82. The van der Waals surface area contributed by atoms with Crippen molar-refractivity contribution >= 4 is 22.4 Å². The van der Waals surface area contributed by atoms with Crippen LogP contribution in [-0.2, 0) is 11.3 Å². The molecule has 0 spiro atoms. The van der Waals surface area contributed by atoms with Crippen LogP contribution in [0.4, 0.5) is 5.69 Å². The minimum Gasteiger partial charge on any atom is -0.378 e. The number of carbonyl (C=O) groups excluding carboxylic acids is 1. The van der Waals surface area contributed by atoms with E-state index in [0.717, 1.165) is 42.9 Å². The van der Waals surface area contributed by atoms with Crippen molar-refractivity contribution in [3.05, 3.63) is 76.2 Å². The lowest BCUT2D eigenvalue weighted by molar-refractivity contribution is 0.0963. The van der Waals surface area contributed by atoms with Crippen LogP contribution in [0.15, 0.2) is 59.5 Å². The number of anilines is 1. The lowest BCUT2D eigenvalue weighted by Crippen LogP contribution is -2.36. The van der Waals surface area contributed by atoms with E-state index < -0.39 is 0 Å². The van der Waals surface area contributed by atoms with Crippen molar-refractivity contribution in [1.82, 2.24) is 9.88 Å². The molecule has 1 aromatic heterocycles. The summed E-state index contributed by atoms with van der Waals surface area (Å²) in [5.41, 5.74) is 2.58. The van der Waals surface area contributed by atoms with E-state index in [1.807, 2.05) is 42.6 Å². The van der Waals surface area contributed by atoms with Crippen LogP contribution >= 0.6 is 0 Å². The van der Waals surface area contributed by atoms with Crippen molar-refractivity contribution in [3.63, 3.8) is 0 Å². The van der Waals surface area contributed by atoms with E-state index in [9.17, 15) is 9.59 Å². The van der Waals surface area contributed by atoms with E-state index >= 15 is 0 Å². The zero-order valence-corrected chi connectivity index (χ0v) is 15.9. The minimum atomic E-state index is -0.136. The molecule has 0 atom stereocenters. The van der Waals surface area contributed by atoms with Gasteiger partial charge >= 0.3 is 0 Å². The summed E-state index contributed by atoms with van der Waals surface area (Å²) in [7, 11) is 1.61. The number of hydrogen-bond donors (Lipinski definition) is 1. The zero-order chi connectivity index (χ0) is 19.5. The van der Waals surface area contributed by atoms with E-state index in [1.165, 1.54) is 0 Å². The third-order valence-corrected chi connectivity index (χ3v) is 5.11. The number of amides is 1. The molecule has 144 valence electrons. The van der Waals surface area contributed by atoms with E-state index in [-0.39, 0.29) is 11.5 Å². The number of carbonyl (C=O) groups is 1. The summed E-state index contributed by atoms with van der Waals surface area (Å²) in [6, 6.07) is 15.3. The molecule has 1 fully saturated rings. The predicted octanol–water partition coefficient (Wildman–Crippen LogP) is 2.25. The SMILES string of the molecule is CNC(=O)c1cccc(Cn2ccc3cc(N4CCOCC4)ccc3c2=O)c1. The molecule has 0 radical (unpaired) electrons. The Morgan fingerprint density at radius 2 is 1.93 bits per heavy atom. The molecule has 2 heterocycles. The predicted molar refractivity (Wildman–Crippen MR) is 110 cm³/mol. The van der Waals surface area contributed by atoms with Gasteiger partial charge in [0.1, 0.15) is 0 Å². The maximum absolute atomic E-state index is 12.9. The molecule has 1 aliphatic rings. The first-order valence-electron chi connectivity index (χ1n) is 9.42. The smallest absolute Gasteiger partial charge is 0.258 e. The quantitative estimate of drug-likeness (QED) is 0.758. The van der Waals surface area contributed by atoms with Gasteiger partial charge in [-0.15, -0.1) is 0 Å². The highest BCUT2D eigenvalue weighted by atomic mass is 16.5. The van der Waals surface area contributed by atoms with Gasteiger partial charge in [-0.25, -0.2) is 0 Å². The highest BCUT2D eigenvalue weighted by molar-refractivity contribution is 5.94. The average Bonchev–Trinajstić information content (AvgIpc) is 2.76. The molecule has 1 amide bonds. The first-order valence-corrected chi connectivity index (χ1v) is 9.42. The monoisotopic (exact) mass is 377 g/mol. The molecule has 6 nitrogen and oxygen atoms in total. The van der Waals surface area contributed by atoms with Crippen molar-refractivity contribution in [3.8, 4) is 0 Å². The van der Waals surface area contributed by atoms with Gasteiger partial charge in [0.05, 0.1) is 19.8 Å². The third-order valence-electron chi connectivity index (χ3n) is 5.11. The number of morpholine rings is 1. The van der Waals surface area contributed by atoms with Crippen LogP contribution in [0.25, 0.3) is 10.8 Å². The van der Waals surface area contributed by atoms with Crippen LogP contribution in [0.2, 0.25) is 0 Å². The van der Waals surface area contributed by atoms with Crippen LogP contribution in [0.5, 0.6) is 0 Å². The maximum atomic E-state index is 12.9. The lowest BCUT2D eigenvalue weighted by atomic mass is 10.1. The second-order valence-electron chi connectivity index (χ2n) is 6.90. The van der Waals surface area contributed by atoms with Gasteiger partial charge in [0.2, 0.25) is 0 Å². The van der Waals surface area contributed by atoms with Gasteiger partial charge < -0.3 is 19.5 Å². The Hall–Kier alpha value is -3.12. The fourth-order valence-electron chi connectivity index (χ4n) is 3.57. The largest absolute Gasteiger partial charge is 0.378 e. The standard InChI is InChI=1S/C22H23N3O3/c1-23-21(26)18-4-2-3-16(13-18)15-25-8-7-17-14-19(5-6-20(17)22(25)27)24-9-11-28-12-10-24/h2-8,13-14H,9-12,15H2,1H3,(H,23,26). The molecule has 28 heavy (non-hydrogen) atoms. The Morgan fingerprint density at radius 3 is 2.71 bits per heavy atom.